The zero-order chi connectivity index (χ0) is 13.3. The Morgan fingerprint density at radius 2 is 2.28 bits per heavy atom. The summed E-state index contributed by atoms with van der Waals surface area (Å²) in [5.41, 5.74) is 3.22. The van der Waals surface area contributed by atoms with Gasteiger partial charge in [0, 0.05) is 29.6 Å². The van der Waals surface area contributed by atoms with E-state index in [0.717, 1.165) is 16.7 Å². The number of hydrogen-bond donors (Lipinski definition) is 2. The fourth-order valence-electron chi connectivity index (χ4n) is 1.92. The lowest BCUT2D eigenvalue weighted by Gasteiger charge is -2.03. The topological polar surface area (TPSA) is 70.9 Å². The van der Waals surface area contributed by atoms with E-state index < -0.39 is 6.61 Å². The number of H-pyrrole nitrogens is 1. The molecule has 0 bridgehead atoms. The van der Waals surface area contributed by atoms with E-state index in [1.807, 2.05) is 17.8 Å². The van der Waals surface area contributed by atoms with Crippen molar-refractivity contribution in [3.8, 4) is 11.1 Å². The van der Waals surface area contributed by atoms with Crippen molar-refractivity contribution >= 4 is 5.78 Å². The smallest absolute Gasteiger partial charge is 0.204 e. The average molecular weight is 247 g/mol. The summed E-state index contributed by atoms with van der Waals surface area (Å²) >= 11 is 0. The molecule has 0 aliphatic heterocycles. The highest BCUT2D eigenvalue weighted by molar-refractivity contribution is 5.98. The van der Waals surface area contributed by atoms with Crippen molar-refractivity contribution in [3.63, 3.8) is 0 Å². The Morgan fingerprint density at radius 3 is 2.83 bits per heavy atom. The number of aliphatic hydroxyl groups is 1. The number of nitrogens with one attached hydrogen (secondary N) is 1. The molecule has 0 aliphatic rings. The van der Waals surface area contributed by atoms with Crippen LogP contribution in [-0.4, -0.2) is 32.3 Å². The van der Waals surface area contributed by atoms with E-state index in [9.17, 15) is 4.79 Å². The van der Waals surface area contributed by atoms with Gasteiger partial charge in [-0.3, -0.25) is 9.48 Å². The van der Waals surface area contributed by atoms with E-state index in [4.69, 9.17) is 5.11 Å². The molecule has 0 radical (unpaired) electrons. The molecule has 5 nitrogen and oxygen atoms in total. The summed E-state index contributed by atoms with van der Waals surface area (Å²) in [7, 11) is 0. The predicted molar refractivity (Wildman–Crippen MR) is 68.6 cm³/mol. The zero-order valence-corrected chi connectivity index (χ0v) is 10.8. The third kappa shape index (κ3) is 2.09. The summed E-state index contributed by atoms with van der Waals surface area (Å²) in [5.74, 6) is -0.296. The first-order valence-corrected chi connectivity index (χ1v) is 5.91. The lowest BCUT2D eigenvalue weighted by atomic mass is 10.1. The molecule has 18 heavy (non-hydrogen) atoms. The van der Waals surface area contributed by atoms with Crippen LogP contribution >= 0.6 is 0 Å². The maximum atomic E-state index is 11.5. The van der Waals surface area contributed by atoms with Crippen molar-refractivity contribution in [2.75, 3.05) is 6.61 Å². The lowest BCUT2D eigenvalue weighted by molar-refractivity contribution is 0.0898. The number of nitrogens with zero attached hydrogens (tertiary/aromatic N) is 2. The van der Waals surface area contributed by atoms with Crippen LogP contribution in [0.15, 0.2) is 18.6 Å². The molecule has 0 fully saturated rings. The van der Waals surface area contributed by atoms with Gasteiger partial charge in [0.1, 0.15) is 6.61 Å². The Hall–Kier alpha value is -1.88. The second-order valence-electron chi connectivity index (χ2n) is 4.59. The maximum absolute atomic E-state index is 11.5. The number of carbonyl (C=O) groups excluding carboxylic acids is 1. The maximum Gasteiger partial charge on any atom is 0.204 e. The van der Waals surface area contributed by atoms with Gasteiger partial charge in [0.15, 0.2) is 0 Å². The molecule has 2 aromatic heterocycles. The fourth-order valence-corrected chi connectivity index (χ4v) is 1.92. The molecule has 0 atom stereocenters. The Morgan fingerprint density at radius 1 is 1.56 bits per heavy atom. The number of hydrogen-bond acceptors (Lipinski definition) is 3. The zero-order valence-electron chi connectivity index (χ0n) is 10.8. The number of aromatic nitrogens is 3. The average Bonchev–Trinajstić information content (AvgIpc) is 2.94. The monoisotopic (exact) mass is 247 g/mol. The predicted octanol–water partition coefficient (Wildman–Crippen LogP) is 1.94. The third-order valence-electron chi connectivity index (χ3n) is 3.00. The molecular weight excluding hydrogens is 230 g/mol. The van der Waals surface area contributed by atoms with Gasteiger partial charge in [0.2, 0.25) is 5.78 Å². The van der Waals surface area contributed by atoms with Gasteiger partial charge < -0.3 is 10.1 Å². The Balaban J connectivity index is 2.39. The van der Waals surface area contributed by atoms with Crippen molar-refractivity contribution in [2.45, 2.75) is 26.8 Å². The number of Topliss-reactive ketones (excluding diaryl/α,β-unsaturated/α-hetero) is 1. The molecule has 0 aliphatic carbocycles. The summed E-state index contributed by atoms with van der Waals surface area (Å²) < 4.78 is 1.87. The fraction of sp³-hybridized carbons (Fsp3) is 0.385. The van der Waals surface area contributed by atoms with Crippen LogP contribution in [0.3, 0.4) is 0 Å². The molecule has 2 rings (SSSR count). The third-order valence-corrected chi connectivity index (χ3v) is 3.00. The largest absolute Gasteiger partial charge is 0.388 e. The SMILES string of the molecule is Cc1c(-c2cnn(C(C)C)c2)c[nH]c1C(=O)CO. The summed E-state index contributed by atoms with van der Waals surface area (Å²) in [4.78, 5) is 14.4. The van der Waals surface area contributed by atoms with Gasteiger partial charge in [-0.05, 0) is 26.3 Å². The van der Waals surface area contributed by atoms with Gasteiger partial charge in [-0.2, -0.15) is 5.10 Å². The number of aromatic amines is 1. The summed E-state index contributed by atoms with van der Waals surface area (Å²) in [6.07, 6.45) is 5.51. The first kappa shape index (κ1) is 12.6. The number of carbonyl (C=O) groups is 1. The highest BCUT2D eigenvalue weighted by atomic mass is 16.3. The van der Waals surface area contributed by atoms with Crippen LogP contribution in [0.4, 0.5) is 0 Å². The molecule has 0 saturated heterocycles. The molecule has 0 aromatic carbocycles. The van der Waals surface area contributed by atoms with E-state index in [-0.39, 0.29) is 5.78 Å². The van der Waals surface area contributed by atoms with Crippen molar-refractivity contribution < 1.29 is 9.90 Å². The standard InChI is InChI=1S/C13H17N3O2/c1-8(2)16-6-10(4-15-16)11-5-14-13(9(11)3)12(18)7-17/h4-6,8,14,17H,7H2,1-3H3. The Labute approximate surface area is 105 Å². The minimum atomic E-state index is -0.480. The van der Waals surface area contributed by atoms with Crippen LogP contribution in [-0.2, 0) is 0 Å². The first-order valence-electron chi connectivity index (χ1n) is 5.91. The van der Waals surface area contributed by atoms with Gasteiger partial charge in [0.25, 0.3) is 0 Å². The normalized spacial score (nSPS) is 11.2. The van der Waals surface area contributed by atoms with E-state index in [1.54, 1.807) is 12.4 Å². The van der Waals surface area contributed by atoms with E-state index in [2.05, 4.69) is 23.9 Å². The molecule has 2 heterocycles. The highest BCUT2D eigenvalue weighted by Gasteiger charge is 2.15. The van der Waals surface area contributed by atoms with Crippen LogP contribution in [0.5, 0.6) is 0 Å². The van der Waals surface area contributed by atoms with E-state index >= 15 is 0 Å². The number of ketones is 1. The Kier molecular flexibility index (Phi) is 3.34. The Bertz CT molecular complexity index is 567. The van der Waals surface area contributed by atoms with Gasteiger partial charge >= 0.3 is 0 Å². The summed E-state index contributed by atoms with van der Waals surface area (Å²) in [6, 6.07) is 0.302. The molecule has 0 unspecified atom stereocenters. The molecular formula is C13H17N3O2. The van der Waals surface area contributed by atoms with E-state index in [1.165, 1.54) is 0 Å². The molecule has 0 amide bonds. The van der Waals surface area contributed by atoms with Gasteiger partial charge in [-0.1, -0.05) is 0 Å². The van der Waals surface area contributed by atoms with Gasteiger partial charge in [-0.25, -0.2) is 0 Å². The first-order chi connectivity index (χ1) is 8.54. The summed E-state index contributed by atoms with van der Waals surface area (Å²) in [6.45, 7) is 5.50. The second-order valence-corrected chi connectivity index (χ2v) is 4.59. The van der Waals surface area contributed by atoms with Crippen molar-refractivity contribution in [1.82, 2.24) is 14.8 Å². The molecule has 2 aromatic rings. The molecule has 2 N–H and O–H groups in total. The molecule has 0 spiro atoms. The quantitative estimate of drug-likeness (QED) is 0.811. The molecule has 96 valence electrons. The van der Waals surface area contributed by atoms with Crippen LogP contribution in [0, 0.1) is 6.92 Å². The van der Waals surface area contributed by atoms with Crippen molar-refractivity contribution in [1.29, 1.82) is 0 Å². The minimum Gasteiger partial charge on any atom is -0.388 e. The molecule has 5 heteroatoms. The summed E-state index contributed by atoms with van der Waals surface area (Å²) in [5, 5.41) is 13.2. The van der Waals surface area contributed by atoms with Crippen LogP contribution in [0.2, 0.25) is 0 Å². The highest BCUT2D eigenvalue weighted by Crippen LogP contribution is 2.26. The minimum absolute atomic E-state index is 0.296. The molecule has 0 saturated carbocycles. The van der Waals surface area contributed by atoms with Crippen LogP contribution < -0.4 is 0 Å². The number of rotatable bonds is 4. The second kappa shape index (κ2) is 4.78. The van der Waals surface area contributed by atoms with Crippen molar-refractivity contribution in [3.05, 3.63) is 29.8 Å². The van der Waals surface area contributed by atoms with Crippen molar-refractivity contribution in [2.24, 2.45) is 0 Å². The van der Waals surface area contributed by atoms with Crippen LogP contribution in [0.1, 0.15) is 35.9 Å². The van der Waals surface area contributed by atoms with Gasteiger partial charge in [-0.15, -0.1) is 0 Å². The van der Waals surface area contributed by atoms with E-state index in [0.29, 0.717) is 11.7 Å². The number of aliphatic hydroxyl groups excluding tert-OH is 1. The van der Waals surface area contributed by atoms with Crippen LogP contribution in [0.25, 0.3) is 11.1 Å². The van der Waals surface area contributed by atoms with Gasteiger partial charge in [0.05, 0.1) is 11.9 Å². The lowest BCUT2D eigenvalue weighted by Crippen LogP contribution is -2.06.